The van der Waals surface area contributed by atoms with Crippen molar-refractivity contribution in [3.63, 3.8) is 0 Å². The van der Waals surface area contributed by atoms with Gasteiger partial charge < -0.3 is 24.1 Å². The Morgan fingerprint density at radius 2 is 1.52 bits per heavy atom. The molecule has 0 fully saturated rings. The fourth-order valence-corrected chi connectivity index (χ4v) is 2.82. The van der Waals surface area contributed by atoms with Crippen LogP contribution in [0.15, 0.2) is 36.4 Å². The third kappa shape index (κ3) is 3.79. The molecule has 1 N–H and O–H groups in total. The second-order valence-corrected chi connectivity index (χ2v) is 5.33. The summed E-state index contributed by atoms with van der Waals surface area (Å²) in [6, 6.07) is 10.7. The first-order valence-electron chi connectivity index (χ1n) is 7.70. The van der Waals surface area contributed by atoms with Crippen LogP contribution in [-0.2, 0) is 11.2 Å². The lowest BCUT2D eigenvalue weighted by Crippen LogP contribution is -2.16. The monoisotopic (exact) mass is 346 g/mol. The first kappa shape index (κ1) is 18.4. The molecule has 1 unspecified atom stereocenters. The van der Waals surface area contributed by atoms with E-state index in [1.807, 2.05) is 18.2 Å². The molecule has 0 spiro atoms. The Balaban J connectivity index is 2.52. The summed E-state index contributed by atoms with van der Waals surface area (Å²) in [4.78, 5) is 12.0. The number of carboxylic acid groups (broad SMARTS) is 1. The maximum atomic E-state index is 12.0. The van der Waals surface area contributed by atoms with Crippen LogP contribution >= 0.6 is 0 Å². The largest absolute Gasteiger partial charge is 0.496 e. The maximum absolute atomic E-state index is 12.0. The minimum atomic E-state index is -0.962. The highest BCUT2D eigenvalue weighted by Crippen LogP contribution is 2.43. The summed E-state index contributed by atoms with van der Waals surface area (Å²) in [5, 5.41) is 9.79. The van der Waals surface area contributed by atoms with Crippen LogP contribution in [0.1, 0.15) is 17.0 Å². The molecule has 25 heavy (non-hydrogen) atoms. The van der Waals surface area contributed by atoms with Crippen LogP contribution in [0.5, 0.6) is 23.0 Å². The summed E-state index contributed by atoms with van der Waals surface area (Å²) in [6.07, 6.45) is 0.255. The van der Waals surface area contributed by atoms with Crippen LogP contribution in [0.4, 0.5) is 0 Å². The van der Waals surface area contributed by atoms with E-state index in [9.17, 15) is 9.90 Å². The zero-order chi connectivity index (χ0) is 18.4. The summed E-state index contributed by atoms with van der Waals surface area (Å²) < 4.78 is 21.4. The quantitative estimate of drug-likeness (QED) is 0.791. The number of benzene rings is 2. The molecule has 0 amide bonds. The molecule has 134 valence electrons. The van der Waals surface area contributed by atoms with Gasteiger partial charge in [-0.3, -0.25) is 4.79 Å². The van der Waals surface area contributed by atoms with Crippen molar-refractivity contribution in [2.24, 2.45) is 0 Å². The third-order valence-corrected chi connectivity index (χ3v) is 4.02. The van der Waals surface area contributed by atoms with Crippen molar-refractivity contribution in [3.8, 4) is 23.0 Å². The van der Waals surface area contributed by atoms with Gasteiger partial charge in [-0.25, -0.2) is 0 Å². The van der Waals surface area contributed by atoms with Gasteiger partial charge in [0.15, 0.2) is 11.5 Å². The molecule has 1 atom stereocenters. The van der Waals surface area contributed by atoms with E-state index < -0.39 is 11.9 Å². The lowest BCUT2D eigenvalue weighted by atomic mass is 9.90. The average Bonchev–Trinajstić information content (AvgIpc) is 2.64. The number of ether oxygens (including phenoxy) is 4. The lowest BCUT2D eigenvalue weighted by Gasteiger charge is -2.20. The Morgan fingerprint density at radius 1 is 0.880 bits per heavy atom. The van der Waals surface area contributed by atoms with Crippen molar-refractivity contribution in [3.05, 3.63) is 47.5 Å². The van der Waals surface area contributed by atoms with Crippen LogP contribution in [0.25, 0.3) is 0 Å². The maximum Gasteiger partial charge on any atom is 0.311 e. The van der Waals surface area contributed by atoms with Crippen molar-refractivity contribution in [2.75, 3.05) is 28.4 Å². The molecule has 2 aromatic carbocycles. The van der Waals surface area contributed by atoms with Crippen LogP contribution in [0.3, 0.4) is 0 Å². The van der Waals surface area contributed by atoms with E-state index >= 15 is 0 Å². The van der Waals surface area contributed by atoms with Gasteiger partial charge in [0.2, 0.25) is 5.75 Å². The summed E-state index contributed by atoms with van der Waals surface area (Å²) in [6.45, 7) is 0. The lowest BCUT2D eigenvalue weighted by molar-refractivity contribution is -0.138. The third-order valence-electron chi connectivity index (χ3n) is 4.02. The van der Waals surface area contributed by atoms with E-state index in [0.29, 0.717) is 28.6 Å². The van der Waals surface area contributed by atoms with Crippen LogP contribution in [0, 0.1) is 0 Å². The van der Waals surface area contributed by atoms with E-state index in [4.69, 9.17) is 18.9 Å². The first-order chi connectivity index (χ1) is 12.1. The zero-order valence-corrected chi connectivity index (χ0v) is 14.7. The number of aliphatic carboxylic acids is 1. The Hall–Kier alpha value is -2.89. The molecular formula is C19H22O6. The molecule has 0 aliphatic rings. The normalized spacial score (nSPS) is 11.5. The minimum absolute atomic E-state index is 0.255. The molecule has 0 radical (unpaired) electrons. The van der Waals surface area contributed by atoms with Gasteiger partial charge in [0.05, 0.1) is 34.4 Å². The summed E-state index contributed by atoms with van der Waals surface area (Å²) in [5.74, 6) is 0.0538. The topological polar surface area (TPSA) is 74.2 Å². The summed E-state index contributed by atoms with van der Waals surface area (Å²) >= 11 is 0. The zero-order valence-electron chi connectivity index (χ0n) is 14.7. The van der Waals surface area contributed by atoms with Gasteiger partial charge in [-0.05, 0) is 24.1 Å². The number of methoxy groups -OCH3 is 4. The molecular weight excluding hydrogens is 324 g/mol. The Kier molecular flexibility index (Phi) is 6.11. The van der Waals surface area contributed by atoms with Gasteiger partial charge in [-0.2, -0.15) is 0 Å². The van der Waals surface area contributed by atoms with Crippen LogP contribution in [-0.4, -0.2) is 39.5 Å². The second kappa shape index (κ2) is 8.28. The molecule has 0 aromatic heterocycles. The minimum Gasteiger partial charge on any atom is -0.496 e. The molecule has 0 saturated heterocycles. The summed E-state index contributed by atoms with van der Waals surface area (Å²) in [5.41, 5.74) is 1.31. The predicted octanol–water partition coefficient (Wildman–Crippen LogP) is 3.13. The van der Waals surface area contributed by atoms with E-state index in [-0.39, 0.29) is 6.42 Å². The first-order valence-corrected chi connectivity index (χ1v) is 7.70. The van der Waals surface area contributed by atoms with E-state index in [1.54, 1.807) is 25.3 Å². The molecule has 0 aliphatic heterocycles. The highest BCUT2D eigenvalue weighted by molar-refractivity contribution is 5.79. The van der Waals surface area contributed by atoms with Gasteiger partial charge in [0.1, 0.15) is 5.75 Å². The fourth-order valence-electron chi connectivity index (χ4n) is 2.82. The molecule has 0 bridgehead atoms. The van der Waals surface area contributed by atoms with Gasteiger partial charge in [0.25, 0.3) is 0 Å². The fraction of sp³-hybridized carbons (Fsp3) is 0.316. The van der Waals surface area contributed by atoms with Crippen molar-refractivity contribution >= 4 is 5.97 Å². The van der Waals surface area contributed by atoms with Gasteiger partial charge >= 0.3 is 5.97 Å². The van der Waals surface area contributed by atoms with E-state index in [1.165, 1.54) is 21.3 Å². The molecule has 0 aliphatic carbocycles. The number of rotatable bonds is 8. The van der Waals surface area contributed by atoms with Crippen molar-refractivity contribution in [1.29, 1.82) is 0 Å². The Morgan fingerprint density at radius 3 is 2.08 bits per heavy atom. The highest BCUT2D eigenvalue weighted by Gasteiger charge is 2.28. The van der Waals surface area contributed by atoms with Crippen molar-refractivity contribution in [2.45, 2.75) is 12.3 Å². The van der Waals surface area contributed by atoms with Crippen molar-refractivity contribution in [1.82, 2.24) is 0 Å². The Labute approximate surface area is 146 Å². The molecule has 6 nitrogen and oxygen atoms in total. The second-order valence-electron chi connectivity index (χ2n) is 5.33. The average molecular weight is 346 g/mol. The highest BCUT2D eigenvalue weighted by atomic mass is 16.5. The molecule has 2 aromatic rings. The summed E-state index contributed by atoms with van der Waals surface area (Å²) in [7, 11) is 6.04. The van der Waals surface area contributed by atoms with Gasteiger partial charge in [-0.1, -0.05) is 24.3 Å². The number of hydrogen-bond donors (Lipinski definition) is 1. The standard InChI is InChI=1S/C19H22O6/c1-22-15-8-6-5-7-12(15)11-14(19(20)21)13-9-10-16(23-2)18(25-4)17(13)24-3/h5-10,14H,11H2,1-4H3,(H,20,21). The number of para-hydroxylation sites is 1. The smallest absolute Gasteiger partial charge is 0.311 e. The van der Waals surface area contributed by atoms with E-state index in [2.05, 4.69) is 0 Å². The number of hydrogen-bond acceptors (Lipinski definition) is 5. The van der Waals surface area contributed by atoms with Crippen LogP contribution < -0.4 is 18.9 Å². The van der Waals surface area contributed by atoms with Gasteiger partial charge in [-0.15, -0.1) is 0 Å². The van der Waals surface area contributed by atoms with E-state index in [0.717, 1.165) is 5.56 Å². The number of carboxylic acids is 1. The van der Waals surface area contributed by atoms with Crippen molar-refractivity contribution < 1.29 is 28.8 Å². The molecule has 0 heterocycles. The molecule has 0 saturated carbocycles. The SMILES string of the molecule is COc1ccccc1CC(C(=O)O)c1ccc(OC)c(OC)c1OC. The molecule has 2 rings (SSSR count). The number of carbonyl (C=O) groups is 1. The predicted molar refractivity (Wildman–Crippen MR) is 93.2 cm³/mol. The van der Waals surface area contributed by atoms with Gasteiger partial charge in [0, 0.05) is 5.56 Å². The Bertz CT molecular complexity index is 741. The molecule has 6 heteroatoms. The van der Waals surface area contributed by atoms with Crippen LogP contribution in [0.2, 0.25) is 0 Å².